The van der Waals surface area contributed by atoms with Crippen molar-refractivity contribution in [2.75, 3.05) is 25.0 Å². The number of carbonyl (C=O) groups excluding carboxylic acids is 1. The molecule has 1 unspecified atom stereocenters. The summed E-state index contributed by atoms with van der Waals surface area (Å²) in [4.78, 5) is 13.8. The number of nitrogens with zero attached hydrogens (tertiary/aromatic N) is 2. The molecule has 2 N–H and O–H groups in total. The average molecular weight is 259 g/mol. The third kappa shape index (κ3) is 4.05. The monoisotopic (exact) mass is 259 g/mol. The number of carbonyl (C=O) groups is 1. The lowest BCUT2D eigenvalue weighted by atomic mass is 10.1. The molecule has 1 amide bonds. The van der Waals surface area contributed by atoms with Crippen molar-refractivity contribution < 1.29 is 9.90 Å². The number of anilines is 1. The van der Waals surface area contributed by atoms with E-state index in [1.807, 2.05) is 11.0 Å². The summed E-state index contributed by atoms with van der Waals surface area (Å²) in [7, 11) is 0. The first-order valence-corrected chi connectivity index (χ1v) is 6.38. The van der Waals surface area contributed by atoms with Crippen LogP contribution in [-0.2, 0) is 4.79 Å². The van der Waals surface area contributed by atoms with E-state index in [2.05, 4.69) is 5.32 Å². The van der Waals surface area contributed by atoms with Gasteiger partial charge in [-0.15, -0.1) is 0 Å². The van der Waals surface area contributed by atoms with Gasteiger partial charge in [0, 0.05) is 12.2 Å². The number of aliphatic hydroxyl groups excluding tert-OH is 1. The quantitative estimate of drug-likeness (QED) is 0.847. The number of likely N-dealkylation sites (tertiary alicyclic amines) is 1. The van der Waals surface area contributed by atoms with Crippen molar-refractivity contribution >= 4 is 11.6 Å². The molecular weight excluding hydrogens is 242 g/mol. The largest absolute Gasteiger partial charge is 0.392 e. The third-order valence-corrected chi connectivity index (χ3v) is 3.15. The number of nitrogens with one attached hydrogen (secondary N) is 1. The van der Waals surface area contributed by atoms with Crippen LogP contribution < -0.4 is 5.32 Å². The molecular formula is C14H17N3O2. The van der Waals surface area contributed by atoms with Crippen LogP contribution >= 0.6 is 0 Å². The highest BCUT2D eigenvalue weighted by molar-refractivity contribution is 5.92. The fourth-order valence-corrected chi connectivity index (χ4v) is 2.21. The first-order chi connectivity index (χ1) is 9.17. The summed E-state index contributed by atoms with van der Waals surface area (Å²) in [5.41, 5.74) is 1.25. The van der Waals surface area contributed by atoms with E-state index in [4.69, 9.17) is 5.26 Å². The van der Waals surface area contributed by atoms with E-state index in [9.17, 15) is 9.90 Å². The molecule has 1 aromatic rings. The normalized spacial score (nSPS) is 19.7. The lowest BCUT2D eigenvalue weighted by Crippen LogP contribution is -2.42. The van der Waals surface area contributed by atoms with Crippen molar-refractivity contribution in [3.05, 3.63) is 29.8 Å². The molecule has 0 saturated carbocycles. The highest BCUT2D eigenvalue weighted by Crippen LogP contribution is 2.11. The van der Waals surface area contributed by atoms with Crippen LogP contribution in [0, 0.1) is 11.3 Å². The van der Waals surface area contributed by atoms with Crippen LogP contribution in [0.15, 0.2) is 24.3 Å². The van der Waals surface area contributed by atoms with Gasteiger partial charge in [-0.25, -0.2) is 0 Å². The van der Waals surface area contributed by atoms with Crippen LogP contribution in [0.1, 0.15) is 18.4 Å². The van der Waals surface area contributed by atoms with E-state index in [0.717, 1.165) is 19.4 Å². The molecule has 0 bridgehead atoms. The Morgan fingerprint density at radius 2 is 2.21 bits per heavy atom. The molecule has 1 atom stereocenters. The number of nitriles is 1. The Balaban J connectivity index is 1.85. The maximum Gasteiger partial charge on any atom is 0.238 e. The zero-order valence-corrected chi connectivity index (χ0v) is 10.7. The standard InChI is InChI=1S/C14H17N3O2/c15-8-11-3-5-12(6-4-11)16-14(19)10-17-7-1-2-13(18)9-17/h3-6,13,18H,1-2,7,9-10H2,(H,16,19). The van der Waals surface area contributed by atoms with Crippen molar-refractivity contribution in [3.63, 3.8) is 0 Å². The van der Waals surface area contributed by atoms with Gasteiger partial charge in [0.15, 0.2) is 0 Å². The zero-order valence-electron chi connectivity index (χ0n) is 10.7. The number of benzene rings is 1. The summed E-state index contributed by atoms with van der Waals surface area (Å²) in [5.74, 6) is -0.0983. The number of amides is 1. The van der Waals surface area contributed by atoms with Gasteiger partial charge >= 0.3 is 0 Å². The number of hydrogen-bond donors (Lipinski definition) is 2. The fraction of sp³-hybridized carbons (Fsp3) is 0.429. The Morgan fingerprint density at radius 3 is 2.84 bits per heavy atom. The summed E-state index contributed by atoms with van der Waals surface area (Å²) in [6, 6.07) is 8.78. The molecule has 2 rings (SSSR count). The van der Waals surface area contributed by atoms with Gasteiger partial charge in [-0.05, 0) is 43.7 Å². The molecule has 1 saturated heterocycles. The van der Waals surface area contributed by atoms with Crippen LogP contribution in [0.4, 0.5) is 5.69 Å². The zero-order chi connectivity index (χ0) is 13.7. The highest BCUT2D eigenvalue weighted by Gasteiger charge is 2.19. The first-order valence-electron chi connectivity index (χ1n) is 6.38. The van der Waals surface area contributed by atoms with Gasteiger partial charge < -0.3 is 10.4 Å². The van der Waals surface area contributed by atoms with Crippen molar-refractivity contribution in [1.29, 1.82) is 5.26 Å². The highest BCUT2D eigenvalue weighted by atomic mass is 16.3. The van der Waals surface area contributed by atoms with E-state index in [1.54, 1.807) is 24.3 Å². The van der Waals surface area contributed by atoms with Gasteiger partial charge in [-0.3, -0.25) is 9.69 Å². The van der Waals surface area contributed by atoms with Crippen LogP contribution in [0.2, 0.25) is 0 Å². The van der Waals surface area contributed by atoms with E-state index in [0.29, 0.717) is 17.8 Å². The van der Waals surface area contributed by atoms with Gasteiger partial charge in [0.05, 0.1) is 24.3 Å². The first kappa shape index (κ1) is 13.5. The van der Waals surface area contributed by atoms with E-state index in [-0.39, 0.29) is 18.6 Å². The Hall–Kier alpha value is -1.90. The van der Waals surface area contributed by atoms with Gasteiger partial charge in [-0.1, -0.05) is 0 Å². The lowest BCUT2D eigenvalue weighted by molar-refractivity contribution is -0.118. The van der Waals surface area contributed by atoms with Crippen molar-refractivity contribution in [1.82, 2.24) is 4.90 Å². The molecule has 1 aliphatic heterocycles. The molecule has 5 nitrogen and oxygen atoms in total. The summed E-state index contributed by atoms with van der Waals surface area (Å²) >= 11 is 0. The summed E-state index contributed by atoms with van der Waals surface area (Å²) in [6.45, 7) is 1.69. The Bertz CT molecular complexity index is 478. The topological polar surface area (TPSA) is 76.4 Å². The minimum absolute atomic E-state index is 0.0983. The Kier molecular flexibility index (Phi) is 4.50. The van der Waals surface area contributed by atoms with Crippen molar-refractivity contribution in [3.8, 4) is 6.07 Å². The maximum atomic E-state index is 11.8. The number of β-amino-alcohol motifs (C(OH)–C–C–N with tert-alkyl or cyclic N) is 1. The fourth-order valence-electron chi connectivity index (χ4n) is 2.21. The number of aliphatic hydroxyl groups is 1. The predicted molar refractivity (Wildman–Crippen MR) is 71.5 cm³/mol. The van der Waals surface area contributed by atoms with E-state index < -0.39 is 0 Å². The number of hydrogen-bond acceptors (Lipinski definition) is 4. The lowest BCUT2D eigenvalue weighted by Gasteiger charge is -2.29. The molecule has 1 heterocycles. The molecule has 100 valence electrons. The maximum absolute atomic E-state index is 11.8. The summed E-state index contributed by atoms with van der Waals surface area (Å²) in [6.07, 6.45) is 1.41. The molecule has 1 aromatic carbocycles. The summed E-state index contributed by atoms with van der Waals surface area (Å²) in [5, 5.41) is 21.0. The number of rotatable bonds is 3. The van der Waals surface area contributed by atoms with Crippen molar-refractivity contribution in [2.24, 2.45) is 0 Å². The van der Waals surface area contributed by atoms with E-state index >= 15 is 0 Å². The van der Waals surface area contributed by atoms with Crippen LogP contribution in [0.25, 0.3) is 0 Å². The second-order valence-corrected chi connectivity index (χ2v) is 4.77. The smallest absolute Gasteiger partial charge is 0.238 e. The Labute approximate surface area is 112 Å². The second kappa shape index (κ2) is 6.32. The summed E-state index contributed by atoms with van der Waals surface area (Å²) < 4.78 is 0. The van der Waals surface area contributed by atoms with Crippen LogP contribution in [-0.4, -0.2) is 41.7 Å². The van der Waals surface area contributed by atoms with Crippen molar-refractivity contribution in [2.45, 2.75) is 18.9 Å². The number of piperidine rings is 1. The predicted octanol–water partition coefficient (Wildman–Crippen LogP) is 0.953. The molecule has 0 aromatic heterocycles. The molecule has 5 heteroatoms. The molecule has 1 aliphatic rings. The minimum Gasteiger partial charge on any atom is -0.392 e. The Morgan fingerprint density at radius 1 is 1.47 bits per heavy atom. The molecule has 0 radical (unpaired) electrons. The molecule has 0 spiro atoms. The molecule has 0 aliphatic carbocycles. The minimum atomic E-state index is -0.323. The molecule has 19 heavy (non-hydrogen) atoms. The SMILES string of the molecule is N#Cc1ccc(NC(=O)CN2CCCC(O)C2)cc1. The van der Waals surface area contributed by atoms with Crippen LogP contribution in [0.5, 0.6) is 0 Å². The van der Waals surface area contributed by atoms with Gasteiger partial charge in [0.2, 0.25) is 5.91 Å². The average Bonchev–Trinajstić information content (AvgIpc) is 2.39. The van der Waals surface area contributed by atoms with Gasteiger partial charge in [-0.2, -0.15) is 5.26 Å². The third-order valence-electron chi connectivity index (χ3n) is 3.15. The van der Waals surface area contributed by atoms with Crippen LogP contribution in [0.3, 0.4) is 0 Å². The molecule has 1 fully saturated rings. The van der Waals surface area contributed by atoms with E-state index in [1.165, 1.54) is 0 Å². The van der Waals surface area contributed by atoms with Gasteiger partial charge in [0.25, 0.3) is 0 Å². The second-order valence-electron chi connectivity index (χ2n) is 4.77. The van der Waals surface area contributed by atoms with Gasteiger partial charge in [0.1, 0.15) is 0 Å².